The fraction of sp³-hybridized carbons (Fsp3) is 0.312. The summed E-state index contributed by atoms with van der Waals surface area (Å²) in [6.07, 6.45) is -0.260. The molecule has 1 N–H and O–H groups in total. The largest absolute Gasteiger partial charge is 0.586 e. The molecule has 0 saturated heterocycles. The zero-order valence-electron chi connectivity index (χ0n) is 12.5. The van der Waals surface area contributed by atoms with Gasteiger partial charge in [-0.15, -0.1) is 8.78 Å². The molecule has 1 fully saturated rings. The summed E-state index contributed by atoms with van der Waals surface area (Å²) in [6, 6.07) is 7.53. The van der Waals surface area contributed by atoms with E-state index in [-0.39, 0.29) is 23.6 Å². The Bertz CT molecular complexity index is 759. The molecule has 1 saturated carbocycles. The van der Waals surface area contributed by atoms with Crippen molar-refractivity contribution in [1.82, 2.24) is 4.90 Å². The van der Waals surface area contributed by atoms with E-state index in [1.165, 1.54) is 18.2 Å². The molecule has 24 heavy (non-hydrogen) atoms. The van der Waals surface area contributed by atoms with Crippen molar-refractivity contribution >= 4 is 11.7 Å². The monoisotopic (exact) mass is 336 g/mol. The fourth-order valence-electron chi connectivity index (χ4n) is 2.55. The van der Waals surface area contributed by atoms with Gasteiger partial charge >= 0.3 is 12.3 Å². The molecule has 2 amide bonds. The second-order valence-corrected chi connectivity index (χ2v) is 5.70. The molecule has 2 aliphatic rings. The van der Waals surface area contributed by atoms with Gasteiger partial charge in [0.1, 0.15) is 5.76 Å². The molecule has 6 nitrogen and oxygen atoms in total. The first kappa shape index (κ1) is 14.8. The van der Waals surface area contributed by atoms with Gasteiger partial charge in [-0.25, -0.2) is 4.79 Å². The number of carbonyl (C=O) groups excluding carboxylic acids is 1. The number of furan rings is 1. The number of amides is 2. The molecular formula is C16H14F2N2O4. The summed E-state index contributed by atoms with van der Waals surface area (Å²) in [6.45, 7) is 0.353. The Kier molecular flexibility index (Phi) is 3.33. The first-order valence-electron chi connectivity index (χ1n) is 7.50. The lowest BCUT2D eigenvalue weighted by atomic mass is 10.3. The van der Waals surface area contributed by atoms with E-state index in [4.69, 9.17) is 4.42 Å². The summed E-state index contributed by atoms with van der Waals surface area (Å²) < 4.78 is 40.1. The average Bonchev–Trinajstić information content (AvgIpc) is 3.12. The maximum absolute atomic E-state index is 13.0. The number of benzene rings is 1. The van der Waals surface area contributed by atoms with Gasteiger partial charge in [0.25, 0.3) is 0 Å². The van der Waals surface area contributed by atoms with Crippen LogP contribution in [0, 0.1) is 0 Å². The minimum Gasteiger partial charge on any atom is -0.467 e. The number of carbonyl (C=O) groups is 1. The SMILES string of the molecule is O=C(Nc1ccc2c(c1)OC(F)(F)O2)N(Cc1ccco1)C1CC1. The normalized spacial score (nSPS) is 17.6. The van der Waals surface area contributed by atoms with E-state index in [0.717, 1.165) is 12.8 Å². The molecule has 0 atom stereocenters. The van der Waals surface area contributed by atoms with E-state index >= 15 is 0 Å². The molecule has 8 heteroatoms. The highest BCUT2D eigenvalue weighted by atomic mass is 19.3. The van der Waals surface area contributed by atoms with Crippen molar-refractivity contribution in [2.75, 3.05) is 5.32 Å². The van der Waals surface area contributed by atoms with Gasteiger partial charge < -0.3 is 24.1 Å². The van der Waals surface area contributed by atoms with Crippen LogP contribution in [0.3, 0.4) is 0 Å². The van der Waals surface area contributed by atoms with E-state index in [1.54, 1.807) is 23.3 Å². The van der Waals surface area contributed by atoms with E-state index in [9.17, 15) is 13.6 Å². The number of hydrogen-bond acceptors (Lipinski definition) is 4. The van der Waals surface area contributed by atoms with E-state index < -0.39 is 6.29 Å². The summed E-state index contributed by atoms with van der Waals surface area (Å²) in [5.74, 6) is 0.511. The van der Waals surface area contributed by atoms with Crippen LogP contribution < -0.4 is 14.8 Å². The molecular weight excluding hydrogens is 322 g/mol. The molecule has 1 aromatic carbocycles. The zero-order valence-corrected chi connectivity index (χ0v) is 12.5. The quantitative estimate of drug-likeness (QED) is 0.922. The molecule has 1 aromatic heterocycles. The summed E-state index contributed by atoms with van der Waals surface area (Å²) in [4.78, 5) is 14.2. The molecule has 0 unspecified atom stereocenters. The standard InChI is InChI=1S/C16H14F2N2O4/c17-16(18)23-13-6-3-10(8-14(13)24-16)19-15(21)20(11-4-5-11)9-12-2-1-7-22-12/h1-3,6-8,11H,4-5,9H2,(H,19,21). The van der Waals surface area contributed by atoms with Crippen LogP contribution in [0.25, 0.3) is 0 Å². The number of rotatable bonds is 4. The number of urea groups is 1. The smallest absolute Gasteiger partial charge is 0.467 e. The molecule has 2 aromatic rings. The third kappa shape index (κ3) is 2.99. The van der Waals surface area contributed by atoms with Crippen molar-refractivity contribution in [3.63, 3.8) is 0 Å². The highest BCUT2D eigenvalue weighted by molar-refractivity contribution is 5.90. The number of hydrogen-bond donors (Lipinski definition) is 1. The molecule has 0 spiro atoms. The molecule has 1 aliphatic carbocycles. The predicted octanol–water partition coefficient (Wildman–Crippen LogP) is 3.80. The third-order valence-electron chi connectivity index (χ3n) is 3.81. The topological polar surface area (TPSA) is 63.9 Å². The summed E-state index contributed by atoms with van der Waals surface area (Å²) in [5, 5.41) is 2.70. The number of alkyl halides is 2. The third-order valence-corrected chi connectivity index (χ3v) is 3.81. The van der Waals surface area contributed by atoms with Crippen molar-refractivity contribution in [3.8, 4) is 11.5 Å². The Morgan fingerprint density at radius 3 is 2.75 bits per heavy atom. The number of nitrogens with zero attached hydrogens (tertiary/aromatic N) is 1. The Hall–Kier alpha value is -2.77. The highest BCUT2D eigenvalue weighted by Crippen LogP contribution is 2.42. The zero-order chi connectivity index (χ0) is 16.7. The highest BCUT2D eigenvalue weighted by Gasteiger charge is 2.43. The van der Waals surface area contributed by atoms with Crippen molar-refractivity contribution in [3.05, 3.63) is 42.4 Å². The van der Waals surface area contributed by atoms with Gasteiger partial charge in [0.15, 0.2) is 11.5 Å². The lowest BCUT2D eigenvalue weighted by Gasteiger charge is -2.21. The van der Waals surface area contributed by atoms with Gasteiger partial charge in [-0.2, -0.15) is 0 Å². The Balaban J connectivity index is 1.47. The summed E-state index contributed by atoms with van der Waals surface area (Å²) in [5.41, 5.74) is 0.352. The number of anilines is 1. The van der Waals surface area contributed by atoms with Gasteiger partial charge in [0, 0.05) is 17.8 Å². The van der Waals surface area contributed by atoms with Gasteiger partial charge in [-0.1, -0.05) is 0 Å². The lowest BCUT2D eigenvalue weighted by molar-refractivity contribution is -0.286. The molecule has 0 radical (unpaired) electrons. The van der Waals surface area contributed by atoms with Crippen LogP contribution in [-0.2, 0) is 6.54 Å². The molecule has 1 aliphatic heterocycles. The van der Waals surface area contributed by atoms with E-state index in [1.807, 2.05) is 0 Å². The Morgan fingerprint density at radius 1 is 1.25 bits per heavy atom. The number of ether oxygens (including phenoxy) is 2. The first-order chi connectivity index (χ1) is 11.5. The number of fused-ring (bicyclic) bond motifs is 1. The van der Waals surface area contributed by atoms with Crippen LogP contribution >= 0.6 is 0 Å². The predicted molar refractivity (Wildman–Crippen MR) is 78.9 cm³/mol. The van der Waals surface area contributed by atoms with Crippen molar-refractivity contribution < 1.29 is 27.5 Å². The fourth-order valence-corrected chi connectivity index (χ4v) is 2.55. The maximum atomic E-state index is 13.0. The van der Waals surface area contributed by atoms with Crippen molar-refractivity contribution in [2.45, 2.75) is 31.7 Å². The maximum Gasteiger partial charge on any atom is 0.586 e. The van der Waals surface area contributed by atoms with Crippen LogP contribution in [0.2, 0.25) is 0 Å². The molecule has 4 rings (SSSR count). The first-order valence-corrected chi connectivity index (χ1v) is 7.50. The number of nitrogens with one attached hydrogen (secondary N) is 1. The Labute approximate surface area is 135 Å². The van der Waals surface area contributed by atoms with Crippen LogP contribution in [-0.4, -0.2) is 23.3 Å². The Morgan fingerprint density at radius 2 is 2.04 bits per heavy atom. The number of halogens is 2. The molecule has 0 bridgehead atoms. The minimum absolute atomic E-state index is 0.0624. The average molecular weight is 336 g/mol. The molecule has 2 heterocycles. The van der Waals surface area contributed by atoms with E-state index in [0.29, 0.717) is 18.0 Å². The lowest BCUT2D eigenvalue weighted by Crippen LogP contribution is -2.36. The second-order valence-electron chi connectivity index (χ2n) is 5.70. The summed E-state index contributed by atoms with van der Waals surface area (Å²) in [7, 11) is 0. The summed E-state index contributed by atoms with van der Waals surface area (Å²) >= 11 is 0. The van der Waals surface area contributed by atoms with Gasteiger partial charge in [-0.3, -0.25) is 0 Å². The second kappa shape index (κ2) is 5.40. The minimum atomic E-state index is -3.68. The van der Waals surface area contributed by atoms with Gasteiger partial charge in [-0.05, 0) is 37.1 Å². The van der Waals surface area contributed by atoms with Crippen LogP contribution in [0.15, 0.2) is 41.0 Å². The van der Waals surface area contributed by atoms with Crippen LogP contribution in [0.1, 0.15) is 18.6 Å². The van der Waals surface area contributed by atoms with Crippen LogP contribution in [0.5, 0.6) is 11.5 Å². The van der Waals surface area contributed by atoms with Crippen molar-refractivity contribution in [1.29, 1.82) is 0 Å². The van der Waals surface area contributed by atoms with Crippen molar-refractivity contribution in [2.24, 2.45) is 0 Å². The van der Waals surface area contributed by atoms with E-state index in [2.05, 4.69) is 14.8 Å². The van der Waals surface area contributed by atoms with Gasteiger partial charge in [0.05, 0.1) is 12.8 Å². The molecule has 126 valence electrons. The van der Waals surface area contributed by atoms with Crippen LogP contribution in [0.4, 0.5) is 19.3 Å². The van der Waals surface area contributed by atoms with Gasteiger partial charge in [0.2, 0.25) is 0 Å².